The third-order valence-electron chi connectivity index (χ3n) is 7.82. The Hall–Kier alpha value is -3.20. The van der Waals surface area contributed by atoms with E-state index < -0.39 is 29.2 Å². The van der Waals surface area contributed by atoms with Gasteiger partial charge in [0.1, 0.15) is 17.2 Å². The summed E-state index contributed by atoms with van der Waals surface area (Å²) in [4.78, 5) is 55.3. The van der Waals surface area contributed by atoms with E-state index in [9.17, 15) is 24.3 Å². The number of likely N-dealkylation sites (tertiary alicyclic amines) is 1. The number of phenols is 1. The Balaban J connectivity index is 1.76. The Morgan fingerprint density at radius 1 is 1.00 bits per heavy atom. The van der Waals surface area contributed by atoms with Gasteiger partial charge in [0.15, 0.2) is 11.6 Å². The molecule has 0 bridgehead atoms. The Morgan fingerprint density at radius 3 is 2.19 bits per heavy atom. The van der Waals surface area contributed by atoms with Crippen molar-refractivity contribution in [2.45, 2.75) is 45.1 Å². The maximum Gasteiger partial charge on any atom is 0.234 e. The lowest BCUT2D eigenvalue weighted by Gasteiger charge is -2.42. The predicted molar refractivity (Wildman–Crippen MR) is 137 cm³/mol. The van der Waals surface area contributed by atoms with Crippen molar-refractivity contribution >= 4 is 39.3 Å². The molecule has 0 aromatic heterocycles. The molecule has 8 nitrogen and oxygen atoms in total. The fourth-order valence-corrected chi connectivity index (χ4v) is 6.86. The molecular formula is C28H28BrNO7. The number of allylic oxidation sites excluding steroid dienone is 6. The van der Waals surface area contributed by atoms with Gasteiger partial charge in [-0.1, -0.05) is 11.6 Å². The molecule has 0 spiro atoms. The second-order valence-electron chi connectivity index (χ2n) is 10.8. The van der Waals surface area contributed by atoms with Crippen LogP contribution in [0.4, 0.5) is 0 Å². The van der Waals surface area contributed by atoms with Gasteiger partial charge in [0, 0.05) is 46.4 Å². The number of hydrogen-bond acceptors (Lipinski definition) is 7. The van der Waals surface area contributed by atoms with Gasteiger partial charge in [0.05, 0.1) is 30.5 Å². The number of hydrogen-bond donors (Lipinski definition) is 1. The minimum absolute atomic E-state index is 0.0808. The molecule has 4 atom stereocenters. The summed E-state index contributed by atoms with van der Waals surface area (Å²) in [5, 5.41) is 10.3. The fourth-order valence-electron chi connectivity index (χ4n) is 6.41. The maximum absolute atomic E-state index is 13.8. The average molecular weight is 570 g/mol. The minimum Gasteiger partial charge on any atom is -0.508 e. The molecule has 0 saturated carbocycles. The number of imide groups is 1. The predicted octanol–water partition coefficient (Wildman–Crippen LogP) is 3.97. The molecule has 1 heterocycles. The third-order valence-corrected chi connectivity index (χ3v) is 8.41. The zero-order valence-corrected chi connectivity index (χ0v) is 22.8. The van der Waals surface area contributed by atoms with E-state index >= 15 is 0 Å². The van der Waals surface area contributed by atoms with Crippen LogP contribution in [-0.2, 0) is 19.2 Å². The summed E-state index contributed by atoms with van der Waals surface area (Å²) in [7, 11) is 2.90. The number of carbonyl (C=O) groups is 4. The van der Waals surface area contributed by atoms with E-state index in [2.05, 4.69) is 15.9 Å². The van der Waals surface area contributed by atoms with Crippen LogP contribution in [-0.4, -0.2) is 53.1 Å². The van der Waals surface area contributed by atoms with E-state index in [0.29, 0.717) is 23.1 Å². The largest absolute Gasteiger partial charge is 0.508 e. The highest BCUT2D eigenvalue weighted by atomic mass is 79.9. The summed E-state index contributed by atoms with van der Waals surface area (Å²) < 4.78 is 11.4. The first-order valence-corrected chi connectivity index (χ1v) is 12.9. The van der Waals surface area contributed by atoms with Crippen molar-refractivity contribution in [3.8, 4) is 17.2 Å². The number of methoxy groups -OCH3 is 2. The number of carbonyl (C=O) groups excluding carboxylic acids is 4. The van der Waals surface area contributed by atoms with Crippen molar-refractivity contribution in [3.05, 3.63) is 51.0 Å². The summed E-state index contributed by atoms with van der Waals surface area (Å²) in [6.45, 7) is 5.49. The number of Topliss-reactive ketones (excluding diaryl/α,β-unsaturated/α-hetero) is 1. The summed E-state index contributed by atoms with van der Waals surface area (Å²) in [5.41, 5.74) is 1.21. The second-order valence-corrected chi connectivity index (χ2v) is 11.7. The topological polar surface area (TPSA) is 110 Å². The third kappa shape index (κ3) is 3.69. The lowest BCUT2D eigenvalue weighted by Crippen LogP contribution is -2.46. The van der Waals surface area contributed by atoms with Gasteiger partial charge in [0.25, 0.3) is 0 Å². The lowest BCUT2D eigenvalue weighted by molar-refractivity contribution is -0.145. The zero-order chi connectivity index (χ0) is 27.0. The van der Waals surface area contributed by atoms with Crippen molar-refractivity contribution in [3.63, 3.8) is 0 Å². The Kier molecular flexibility index (Phi) is 5.97. The molecule has 5 rings (SSSR count). The Bertz CT molecular complexity index is 1340. The number of rotatable bonds is 3. The molecule has 1 saturated heterocycles. The molecule has 1 aromatic carbocycles. The van der Waals surface area contributed by atoms with Crippen LogP contribution >= 0.6 is 15.9 Å². The van der Waals surface area contributed by atoms with Crippen molar-refractivity contribution in [1.29, 1.82) is 0 Å². The van der Waals surface area contributed by atoms with Gasteiger partial charge in [-0.2, -0.15) is 0 Å². The molecule has 0 unspecified atom stereocenters. The summed E-state index contributed by atoms with van der Waals surface area (Å²) >= 11 is 3.23. The molecule has 1 aliphatic heterocycles. The monoisotopic (exact) mass is 569 g/mol. The number of ether oxygens (including phenoxy) is 2. The second kappa shape index (κ2) is 8.68. The Labute approximate surface area is 223 Å². The number of halogens is 1. The molecule has 1 aromatic rings. The standard InChI is InChI=1S/C28H28BrNO7/c1-28(2,3)30-26(34)14-7-6-13-15(21(14)27(30)35)10-16-22(18(32)11-17(29)25(16)33)23(13)24-19(36-4)8-12(31)9-20(24)37-5/h6,8-9,11,14-15,21,23,31H,7,10H2,1-5H3/t14-,15+,21-,23-/m0/s1. The van der Waals surface area contributed by atoms with Crippen LogP contribution in [0, 0.1) is 17.8 Å². The molecule has 37 heavy (non-hydrogen) atoms. The van der Waals surface area contributed by atoms with E-state index in [1.807, 2.05) is 26.8 Å². The zero-order valence-electron chi connectivity index (χ0n) is 21.3. The first-order chi connectivity index (χ1) is 17.4. The number of aromatic hydroxyl groups is 1. The van der Waals surface area contributed by atoms with Gasteiger partial charge < -0.3 is 14.6 Å². The maximum atomic E-state index is 13.8. The molecular weight excluding hydrogens is 542 g/mol. The lowest BCUT2D eigenvalue weighted by atomic mass is 9.59. The number of nitrogens with zero attached hydrogens (tertiary/aromatic N) is 1. The van der Waals surface area contributed by atoms with Crippen molar-refractivity contribution in [2.24, 2.45) is 17.8 Å². The van der Waals surface area contributed by atoms with Crippen LogP contribution in [0.5, 0.6) is 17.2 Å². The first-order valence-electron chi connectivity index (χ1n) is 12.1. The highest BCUT2D eigenvalue weighted by molar-refractivity contribution is 9.12. The molecule has 1 N–H and O–H groups in total. The number of amides is 2. The number of fused-ring (bicyclic) bond motifs is 3. The van der Waals surface area contributed by atoms with Gasteiger partial charge in [-0.15, -0.1) is 0 Å². The van der Waals surface area contributed by atoms with Crippen LogP contribution in [0.1, 0.15) is 45.1 Å². The first kappa shape index (κ1) is 25.4. The summed E-state index contributed by atoms with van der Waals surface area (Å²) in [6, 6.07) is 2.86. The van der Waals surface area contributed by atoms with Crippen LogP contribution in [0.2, 0.25) is 0 Å². The normalized spacial score (nSPS) is 27.5. The highest BCUT2D eigenvalue weighted by Gasteiger charge is 2.58. The van der Waals surface area contributed by atoms with E-state index in [4.69, 9.17) is 9.47 Å². The number of ketones is 2. The molecule has 9 heteroatoms. The van der Waals surface area contributed by atoms with E-state index in [1.165, 1.54) is 37.3 Å². The van der Waals surface area contributed by atoms with E-state index in [-0.39, 0.29) is 51.5 Å². The SMILES string of the molecule is COc1cc(O)cc(OC)c1[C@H]1C2=CC[C@@H]3C(=O)N(C(C)(C)C)C(=O)[C@@H]3[C@@H]2CC2=C1C(=O)C=C(Br)C2=O. The summed E-state index contributed by atoms with van der Waals surface area (Å²) in [5.74, 6) is -3.00. The molecule has 0 radical (unpaired) electrons. The van der Waals surface area contributed by atoms with Gasteiger partial charge in [0.2, 0.25) is 11.8 Å². The van der Waals surface area contributed by atoms with Crippen molar-refractivity contribution in [2.75, 3.05) is 14.2 Å². The molecule has 4 aliphatic rings. The van der Waals surface area contributed by atoms with Crippen LogP contribution < -0.4 is 9.47 Å². The van der Waals surface area contributed by atoms with Gasteiger partial charge in [-0.3, -0.25) is 24.1 Å². The average Bonchev–Trinajstić information content (AvgIpc) is 3.10. The van der Waals surface area contributed by atoms with Crippen LogP contribution in [0.25, 0.3) is 0 Å². The molecule has 3 aliphatic carbocycles. The van der Waals surface area contributed by atoms with Gasteiger partial charge >= 0.3 is 0 Å². The van der Waals surface area contributed by atoms with Crippen LogP contribution in [0.15, 0.2) is 45.5 Å². The van der Waals surface area contributed by atoms with Gasteiger partial charge in [-0.25, -0.2) is 0 Å². The minimum atomic E-state index is -0.750. The number of phenolic OH excluding ortho intramolecular Hbond substituents is 1. The number of benzene rings is 1. The summed E-state index contributed by atoms with van der Waals surface area (Å²) in [6.07, 6.45) is 3.73. The van der Waals surface area contributed by atoms with Gasteiger partial charge in [-0.05, 0) is 55.5 Å². The fraction of sp³-hybridized carbons (Fsp3) is 0.429. The molecule has 194 valence electrons. The van der Waals surface area contributed by atoms with Crippen molar-refractivity contribution in [1.82, 2.24) is 4.90 Å². The molecule has 1 fully saturated rings. The molecule has 2 amide bonds. The van der Waals surface area contributed by atoms with E-state index in [1.54, 1.807) is 0 Å². The highest BCUT2D eigenvalue weighted by Crippen LogP contribution is 2.58. The van der Waals surface area contributed by atoms with E-state index in [0.717, 1.165) is 5.57 Å². The van der Waals surface area contributed by atoms with Crippen LogP contribution in [0.3, 0.4) is 0 Å². The Morgan fingerprint density at radius 2 is 1.62 bits per heavy atom. The quantitative estimate of drug-likeness (QED) is 0.333. The van der Waals surface area contributed by atoms with Crippen molar-refractivity contribution < 1.29 is 33.8 Å². The smallest absolute Gasteiger partial charge is 0.234 e.